The summed E-state index contributed by atoms with van der Waals surface area (Å²) < 4.78 is 47.0. The van der Waals surface area contributed by atoms with E-state index in [-0.39, 0.29) is 27.9 Å². The van der Waals surface area contributed by atoms with Gasteiger partial charge in [0.2, 0.25) is 0 Å². The first-order valence-corrected chi connectivity index (χ1v) is 10.7. The van der Waals surface area contributed by atoms with Crippen molar-refractivity contribution in [2.24, 2.45) is 0 Å². The van der Waals surface area contributed by atoms with Crippen LogP contribution in [-0.2, 0) is 0 Å². The van der Waals surface area contributed by atoms with Crippen molar-refractivity contribution in [1.29, 1.82) is 0 Å². The summed E-state index contributed by atoms with van der Waals surface area (Å²) in [5, 5.41) is 22.5. The molecule has 1 atom stereocenters. The second-order valence-corrected chi connectivity index (χ2v) is 8.08. The number of rotatable bonds is 6. The molecule has 0 saturated heterocycles. The molecule has 0 saturated carbocycles. The molecule has 0 aliphatic carbocycles. The number of carbonyl (C=O) groups is 1. The molecular weight excluding hydrogens is 514 g/mol. The summed E-state index contributed by atoms with van der Waals surface area (Å²) in [6.45, 7) is 0.570. The summed E-state index contributed by atoms with van der Waals surface area (Å²) in [6.07, 6.45) is -5.03. The number of pyridine rings is 1. The van der Waals surface area contributed by atoms with Gasteiger partial charge in [-0.1, -0.05) is 35.3 Å². The van der Waals surface area contributed by atoms with E-state index in [9.17, 15) is 23.1 Å². The Morgan fingerprint density at radius 1 is 1.20 bits per heavy atom. The van der Waals surface area contributed by atoms with E-state index in [0.717, 1.165) is 6.07 Å². The summed E-state index contributed by atoms with van der Waals surface area (Å²) in [6, 6.07) is 9.75. The van der Waals surface area contributed by atoms with Gasteiger partial charge >= 0.3 is 12.3 Å². The van der Waals surface area contributed by atoms with E-state index in [0.29, 0.717) is 29.4 Å². The number of benzene rings is 2. The average molecular weight is 530 g/mol. The van der Waals surface area contributed by atoms with Gasteiger partial charge in [0.15, 0.2) is 17.8 Å². The van der Waals surface area contributed by atoms with Crippen LogP contribution >= 0.6 is 23.2 Å². The molecule has 8 nitrogen and oxygen atoms in total. The zero-order chi connectivity index (χ0) is 25.3. The molecule has 1 aliphatic heterocycles. The van der Waals surface area contributed by atoms with Crippen LogP contribution in [0.15, 0.2) is 48.7 Å². The number of ether oxygens (including phenoxy) is 2. The predicted molar refractivity (Wildman–Crippen MR) is 122 cm³/mol. The van der Waals surface area contributed by atoms with E-state index < -0.39 is 24.3 Å². The molecule has 35 heavy (non-hydrogen) atoms. The number of carboxylic acids is 1. The van der Waals surface area contributed by atoms with Crippen molar-refractivity contribution in [3.8, 4) is 11.5 Å². The predicted octanol–water partition coefficient (Wildman–Crippen LogP) is 5.62. The molecule has 3 N–H and O–H groups in total. The maximum absolute atomic E-state index is 12.5. The lowest BCUT2D eigenvalue weighted by Gasteiger charge is -2.33. The highest BCUT2D eigenvalue weighted by Gasteiger charge is 2.32. The zero-order valence-electron chi connectivity index (χ0n) is 17.5. The fourth-order valence-corrected chi connectivity index (χ4v) is 3.97. The Morgan fingerprint density at radius 3 is 2.63 bits per heavy atom. The lowest BCUT2D eigenvalue weighted by Crippen LogP contribution is -2.30. The van der Waals surface area contributed by atoms with Gasteiger partial charge in [0, 0.05) is 17.4 Å². The summed E-state index contributed by atoms with van der Waals surface area (Å²) in [5.41, 5.74) is 1.03. The number of alkyl halides is 3. The normalized spacial score (nSPS) is 14.1. The first-order valence-electron chi connectivity index (χ1n) is 9.95. The highest BCUT2D eigenvalue weighted by molar-refractivity contribution is 6.33. The third kappa shape index (κ3) is 5.47. The van der Waals surface area contributed by atoms with Gasteiger partial charge in [-0.15, -0.1) is 13.2 Å². The van der Waals surface area contributed by atoms with Crippen LogP contribution in [0, 0.1) is 0 Å². The average Bonchev–Trinajstić information content (AvgIpc) is 2.79. The Bertz CT molecular complexity index is 1280. The summed E-state index contributed by atoms with van der Waals surface area (Å²) in [4.78, 5) is 17.1. The molecule has 2 aromatic carbocycles. The maximum Gasteiger partial charge on any atom is 0.573 e. The second-order valence-electron chi connectivity index (χ2n) is 7.27. The van der Waals surface area contributed by atoms with Crippen molar-refractivity contribution in [2.45, 2.75) is 12.6 Å². The van der Waals surface area contributed by atoms with Gasteiger partial charge in [-0.3, -0.25) is 0 Å². The van der Waals surface area contributed by atoms with Gasteiger partial charge < -0.3 is 29.9 Å². The smallest absolute Gasteiger partial charge is 0.489 e. The van der Waals surface area contributed by atoms with Crippen LogP contribution in [-0.4, -0.2) is 40.7 Å². The Kier molecular flexibility index (Phi) is 6.84. The van der Waals surface area contributed by atoms with Crippen LogP contribution in [0.25, 0.3) is 0 Å². The number of hydrogen-bond donors (Lipinski definition) is 3. The topological polar surface area (TPSA) is 104 Å². The molecule has 3 aromatic rings. The molecule has 0 amide bonds. The highest BCUT2D eigenvalue weighted by Crippen LogP contribution is 2.43. The van der Waals surface area contributed by atoms with Crippen molar-refractivity contribution >= 4 is 46.4 Å². The highest BCUT2D eigenvalue weighted by atomic mass is 35.5. The molecule has 0 radical (unpaired) electrons. The lowest BCUT2D eigenvalue weighted by atomic mass is 10.1. The van der Waals surface area contributed by atoms with Crippen LogP contribution in [0.4, 0.5) is 30.4 Å². The number of fused-ring (bicyclic) bond motifs is 1. The Labute approximate surface area is 206 Å². The van der Waals surface area contributed by atoms with Crippen molar-refractivity contribution < 1.29 is 37.7 Å². The Morgan fingerprint density at radius 2 is 1.97 bits per heavy atom. The van der Waals surface area contributed by atoms with E-state index in [1.54, 1.807) is 23.1 Å². The number of nitrogens with one attached hydrogen (secondary N) is 1. The van der Waals surface area contributed by atoms with Crippen LogP contribution < -0.4 is 19.7 Å². The second kappa shape index (κ2) is 9.68. The summed E-state index contributed by atoms with van der Waals surface area (Å²) >= 11 is 12.2. The minimum Gasteiger partial charge on any atom is -0.489 e. The van der Waals surface area contributed by atoms with Crippen molar-refractivity contribution in [1.82, 2.24) is 4.98 Å². The Balaban J connectivity index is 1.60. The lowest BCUT2D eigenvalue weighted by molar-refractivity contribution is -0.274. The Hall–Kier alpha value is -3.41. The number of anilines is 3. The summed E-state index contributed by atoms with van der Waals surface area (Å²) in [7, 11) is 0. The van der Waals surface area contributed by atoms with E-state index in [4.69, 9.17) is 33.0 Å². The number of aromatic carboxylic acids is 1. The molecule has 184 valence electrons. The molecule has 4 rings (SSSR count). The van der Waals surface area contributed by atoms with Gasteiger partial charge in [0.05, 0.1) is 27.8 Å². The maximum atomic E-state index is 12.5. The van der Waals surface area contributed by atoms with Gasteiger partial charge in [0.25, 0.3) is 0 Å². The van der Waals surface area contributed by atoms with Crippen molar-refractivity contribution in [3.63, 3.8) is 0 Å². The largest absolute Gasteiger partial charge is 0.573 e. The molecule has 0 bridgehead atoms. The van der Waals surface area contributed by atoms with E-state index in [1.807, 2.05) is 0 Å². The number of aliphatic hydroxyl groups is 1. The SMILES string of the molecule is O=C(O)c1cnc(N2CCOc3c(C(O)Nc4ccc(OC(F)(F)F)c(Cl)c4)cccc32)c(Cl)c1. The number of hydrogen-bond acceptors (Lipinski definition) is 7. The fraction of sp³-hybridized carbons (Fsp3) is 0.182. The van der Waals surface area contributed by atoms with Gasteiger partial charge in [-0.05, 0) is 30.3 Å². The van der Waals surface area contributed by atoms with Gasteiger partial charge in [-0.25, -0.2) is 9.78 Å². The molecule has 2 heterocycles. The van der Waals surface area contributed by atoms with E-state index in [2.05, 4.69) is 15.0 Å². The molecular formula is C22H16Cl2F3N3O5. The van der Waals surface area contributed by atoms with Crippen molar-refractivity contribution in [3.05, 3.63) is 69.8 Å². The summed E-state index contributed by atoms with van der Waals surface area (Å²) in [5.74, 6) is -1.11. The third-order valence-corrected chi connectivity index (χ3v) is 5.53. The van der Waals surface area contributed by atoms with Gasteiger partial charge in [0.1, 0.15) is 12.4 Å². The minimum absolute atomic E-state index is 0.0640. The molecule has 1 aromatic heterocycles. The number of nitrogens with zero attached hydrogens (tertiary/aromatic N) is 2. The van der Waals surface area contributed by atoms with Crippen LogP contribution in [0.3, 0.4) is 0 Å². The number of carboxylic acid groups (broad SMARTS) is 1. The third-order valence-electron chi connectivity index (χ3n) is 4.96. The monoisotopic (exact) mass is 529 g/mol. The van der Waals surface area contributed by atoms with Crippen molar-refractivity contribution in [2.75, 3.05) is 23.4 Å². The zero-order valence-corrected chi connectivity index (χ0v) is 19.0. The quantitative estimate of drug-likeness (QED) is 0.353. The van der Waals surface area contributed by atoms with E-state index in [1.165, 1.54) is 24.4 Å². The number of halogens is 5. The van der Waals surface area contributed by atoms with Crippen LogP contribution in [0.5, 0.6) is 11.5 Å². The van der Waals surface area contributed by atoms with Crippen LogP contribution in [0.2, 0.25) is 10.0 Å². The molecule has 1 aliphatic rings. The molecule has 0 spiro atoms. The van der Waals surface area contributed by atoms with E-state index >= 15 is 0 Å². The molecule has 1 unspecified atom stereocenters. The number of aliphatic hydroxyl groups excluding tert-OH is 1. The fourth-order valence-electron chi connectivity index (χ4n) is 3.49. The number of aromatic nitrogens is 1. The van der Waals surface area contributed by atoms with Gasteiger partial charge in [-0.2, -0.15) is 0 Å². The standard InChI is InChI=1S/C22H16Cl2F3N3O5/c23-14-9-12(4-5-17(14)35-22(25,26)27)29-20(31)13-2-1-3-16-18(13)34-7-6-30(16)19-15(24)8-11(10-28-19)21(32)33/h1-5,8-10,20,29,31H,6-7H2,(H,32,33). The van der Waals surface area contributed by atoms with Crippen LogP contribution in [0.1, 0.15) is 22.1 Å². The first kappa shape index (κ1) is 24.7. The first-order chi connectivity index (χ1) is 16.5. The molecule has 13 heteroatoms. The molecule has 0 fully saturated rings. The minimum atomic E-state index is -4.89. The number of para-hydroxylation sites is 1.